The van der Waals surface area contributed by atoms with Crippen LogP contribution in [-0.4, -0.2) is 11.1 Å². The average Bonchev–Trinajstić information content (AvgIpc) is 2.36. The Morgan fingerprint density at radius 2 is 1.44 bits per heavy atom. The Labute approximate surface area is 109 Å². The molecule has 0 fully saturated rings. The number of carboxylic acids is 1. The third-order valence-electron chi connectivity index (χ3n) is 5.74. The molecule has 0 amide bonds. The van der Waals surface area contributed by atoms with Crippen LogP contribution in [0.15, 0.2) is 18.2 Å². The first-order chi connectivity index (χ1) is 8.03. The number of fused-ring (bicyclic) bond motifs is 1. The highest BCUT2D eigenvalue weighted by molar-refractivity contribution is 5.88. The highest BCUT2D eigenvalue weighted by atomic mass is 16.4. The van der Waals surface area contributed by atoms with Gasteiger partial charge in [-0.1, -0.05) is 47.6 Å². The molecule has 1 aliphatic carbocycles. The maximum absolute atomic E-state index is 11.1. The summed E-state index contributed by atoms with van der Waals surface area (Å²) in [5.41, 5.74) is 2.94. The summed E-state index contributed by atoms with van der Waals surface area (Å²) in [4.78, 5) is 11.1. The molecule has 0 bridgehead atoms. The summed E-state index contributed by atoms with van der Waals surface area (Å²) in [5, 5.41) is 9.15. The van der Waals surface area contributed by atoms with E-state index < -0.39 is 5.97 Å². The molecule has 0 spiro atoms. The second kappa shape index (κ2) is 3.37. The predicted octanol–water partition coefficient (Wildman–Crippen LogP) is 3.98. The third-order valence-corrected chi connectivity index (χ3v) is 5.74. The minimum Gasteiger partial charge on any atom is -0.478 e. The van der Waals surface area contributed by atoms with E-state index in [4.69, 9.17) is 5.11 Å². The molecule has 18 heavy (non-hydrogen) atoms. The molecule has 0 radical (unpaired) electrons. The summed E-state index contributed by atoms with van der Waals surface area (Å²) < 4.78 is 0. The van der Waals surface area contributed by atoms with Gasteiger partial charge in [0.1, 0.15) is 0 Å². The Morgan fingerprint density at radius 3 is 1.94 bits per heavy atom. The molecule has 2 nitrogen and oxygen atoms in total. The van der Waals surface area contributed by atoms with Gasteiger partial charge >= 0.3 is 5.97 Å². The van der Waals surface area contributed by atoms with Crippen molar-refractivity contribution in [1.29, 1.82) is 0 Å². The van der Waals surface area contributed by atoms with E-state index in [0.717, 1.165) is 0 Å². The van der Waals surface area contributed by atoms with Crippen LogP contribution in [0.1, 0.15) is 63.0 Å². The number of hydrogen-bond donors (Lipinski definition) is 1. The highest BCUT2D eigenvalue weighted by Gasteiger charge is 2.56. The zero-order valence-electron chi connectivity index (χ0n) is 12.1. The van der Waals surface area contributed by atoms with Crippen LogP contribution in [0.5, 0.6) is 0 Å². The van der Waals surface area contributed by atoms with Crippen LogP contribution >= 0.6 is 0 Å². The van der Waals surface area contributed by atoms with Gasteiger partial charge in [-0.15, -0.1) is 0 Å². The van der Waals surface area contributed by atoms with E-state index >= 15 is 0 Å². The fourth-order valence-electron chi connectivity index (χ4n) is 3.19. The van der Waals surface area contributed by atoms with E-state index in [-0.39, 0.29) is 16.2 Å². The van der Waals surface area contributed by atoms with Gasteiger partial charge in [-0.3, -0.25) is 0 Å². The van der Waals surface area contributed by atoms with E-state index in [1.54, 1.807) is 6.07 Å². The molecule has 0 atom stereocenters. The van der Waals surface area contributed by atoms with E-state index in [0.29, 0.717) is 5.56 Å². The monoisotopic (exact) mass is 246 g/mol. The molecule has 1 aromatic carbocycles. The van der Waals surface area contributed by atoms with Crippen molar-refractivity contribution >= 4 is 5.97 Å². The first-order valence-electron chi connectivity index (χ1n) is 6.42. The summed E-state index contributed by atoms with van der Waals surface area (Å²) >= 11 is 0. The quantitative estimate of drug-likeness (QED) is 0.813. The molecule has 1 aliphatic rings. The van der Waals surface area contributed by atoms with Crippen LogP contribution in [0, 0.1) is 5.41 Å². The second-order valence-electron chi connectivity index (χ2n) is 6.94. The molecular formula is C16H22O2. The Balaban J connectivity index is 2.75. The van der Waals surface area contributed by atoms with Gasteiger partial charge in [0, 0.05) is 0 Å². The molecule has 0 unspecified atom stereocenters. The SMILES string of the molecule is CC1(C)c2ccc(C(=O)O)cc2C(C)(C)C1(C)C. The standard InChI is InChI=1S/C16H22O2/c1-14(2)11-8-7-10(13(17)18)9-12(11)15(3,4)16(14,5)6/h7-9H,1-6H3,(H,17,18). The number of carbonyl (C=O) groups is 1. The molecule has 0 heterocycles. The molecule has 1 aromatic rings. The largest absolute Gasteiger partial charge is 0.478 e. The molecule has 2 heteroatoms. The number of rotatable bonds is 1. The van der Waals surface area contributed by atoms with Crippen molar-refractivity contribution in [2.75, 3.05) is 0 Å². The van der Waals surface area contributed by atoms with Gasteiger partial charge in [-0.25, -0.2) is 4.79 Å². The number of aromatic carboxylic acids is 1. The molecule has 98 valence electrons. The lowest BCUT2D eigenvalue weighted by Gasteiger charge is -2.44. The minimum atomic E-state index is -0.851. The van der Waals surface area contributed by atoms with Gasteiger partial charge in [0.2, 0.25) is 0 Å². The van der Waals surface area contributed by atoms with Crippen LogP contribution < -0.4 is 0 Å². The van der Waals surface area contributed by atoms with E-state index in [1.807, 2.05) is 12.1 Å². The van der Waals surface area contributed by atoms with Crippen molar-refractivity contribution in [3.63, 3.8) is 0 Å². The first-order valence-corrected chi connectivity index (χ1v) is 6.42. The topological polar surface area (TPSA) is 37.3 Å². The third kappa shape index (κ3) is 1.32. The summed E-state index contributed by atoms with van der Waals surface area (Å²) in [7, 11) is 0. The number of carboxylic acid groups (broad SMARTS) is 1. The molecule has 1 N–H and O–H groups in total. The Kier molecular flexibility index (Phi) is 2.46. The normalized spacial score (nSPS) is 22.6. The number of benzene rings is 1. The lowest BCUT2D eigenvalue weighted by atomic mass is 9.59. The second-order valence-corrected chi connectivity index (χ2v) is 6.94. The van der Waals surface area contributed by atoms with E-state index in [2.05, 4.69) is 41.5 Å². The first kappa shape index (κ1) is 13.1. The Hall–Kier alpha value is -1.31. The van der Waals surface area contributed by atoms with Crippen molar-refractivity contribution < 1.29 is 9.90 Å². The van der Waals surface area contributed by atoms with Gasteiger partial charge < -0.3 is 5.11 Å². The Morgan fingerprint density at radius 1 is 0.944 bits per heavy atom. The van der Waals surface area contributed by atoms with Gasteiger partial charge in [-0.2, -0.15) is 0 Å². The summed E-state index contributed by atoms with van der Waals surface area (Å²) in [5.74, 6) is -0.851. The molecule has 0 aliphatic heterocycles. The van der Waals surface area contributed by atoms with Crippen LogP contribution in [0.2, 0.25) is 0 Å². The zero-order chi connectivity index (χ0) is 13.9. The highest BCUT2D eigenvalue weighted by Crippen LogP contribution is 2.61. The fraction of sp³-hybridized carbons (Fsp3) is 0.562. The van der Waals surface area contributed by atoms with Gasteiger partial charge in [-0.05, 0) is 39.5 Å². The van der Waals surface area contributed by atoms with Crippen molar-refractivity contribution in [2.24, 2.45) is 5.41 Å². The van der Waals surface area contributed by atoms with Crippen molar-refractivity contribution in [3.05, 3.63) is 34.9 Å². The minimum absolute atomic E-state index is 0.0305. The van der Waals surface area contributed by atoms with E-state index in [1.165, 1.54) is 11.1 Å². The van der Waals surface area contributed by atoms with Crippen molar-refractivity contribution in [2.45, 2.75) is 52.4 Å². The summed E-state index contributed by atoms with van der Waals surface area (Å²) in [6, 6.07) is 5.57. The summed E-state index contributed by atoms with van der Waals surface area (Å²) in [6.45, 7) is 13.5. The molecular weight excluding hydrogens is 224 g/mol. The zero-order valence-corrected chi connectivity index (χ0v) is 12.1. The van der Waals surface area contributed by atoms with Gasteiger partial charge in [0.15, 0.2) is 0 Å². The van der Waals surface area contributed by atoms with Crippen LogP contribution in [0.3, 0.4) is 0 Å². The van der Waals surface area contributed by atoms with Crippen LogP contribution in [0.25, 0.3) is 0 Å². The molecule has 2 rings (SSSR count). The van der Waals surface area contributed by atoms with Crippen molar-refractivity contribution in [1.82, 2.24) is 0 Å². The van der Waals surface area contributed by atoms with Gasteiger partial charge in [0.05, 0.1) is 5.56 Å². The fourth-order valence-corrected chi connectivity index (χ4v) is 3.19. The average molecular weight is 246 g/mol. The molecule has 0 saturated heterocycles. The number of hydrogen-bond acceptors (Lipinski definition) is 1. The lowest BCUT2D eigenvalue weighted by molar-refractivity contribution is 0.0696. The Bertz CT molecular complexity index is 522. The maximum Gasteiger partial charge on any atom is 0.335 e. The van der Waals surface area contributed by atoms with Gasteiger partial charge in [0.25, 0.3) is 0 Å². The van der Waals surface area contributed by atoms with Crippen molar-refractivity contribution in [3.8, 4) is 0 Å². The smallest absolute Gasteiger partial charge is 0.335 e. The molecule has 0 aromatic heterocycles. The lowest BCUT2D eigenvalue weighted by Crippen LogP contribution is -2.42. The van der Waals surface area contributed by atoms with Crippen LogP contribution in [0.4, 0.5) is 0 Å². The summed E-state index contributed by atoms with van der Waals surface area (Å²) in [6.07, 6.45) is 0. The molecule has 0 saturated carbocycles. The van der Waals surface area contributed by atoms with Crippen LogP contribution in [-0.2, 0) is 10.8 Å². The van der Waals surface area contributed by atoms with E-state index in [9.17, 15) is 4.79 Å². The maximum atomic E-state index is 11.1. The predicted molar refractivity (Wildman–Crippen MR) is 73.2 cm³/mol.